The number of methoxy groups -OCH3 is 1. The summed E-state index contributed by atoms with van der Waals surface area (Å²) in [5.41, 5.74) is 7.27. The predicted molar refractivity (Wildman–Crippen MR) is 95.4 cm³/mol. The van der Waals surface area contributed by atoms with Crippen LogP contribution in [-0.2, 0) is 6.61 Å². The summed E-state index contributed by atoms with van der Waals surface area (Å²) in [5, 5.41) is 10.3. The lowest BCUT2D eigenvalue weighted by atomic mass is 10.1. The van der Waals surface area contributed by atoms with E-state index in [1.165, 1.54) is 0 Å². The Balaban J connectivity index is 1.98. The number of primary amides is 1. The number of hydrogen-bond acceptors (Lipinski definition) is 5. The molecule has 7 nitrogen and oxygen atoms in total. The summed E-state index contributed by atoms with van der Waals surface area (Å²) in [7, 11) is 1.55. The molecule has 0 unspecified atom stereocenters. The molecule has 1 amide bonds. The molecule has 0 aliphatic carbocycles. The molecule has 3 N–H and O–H groups in total. The second-order valence-electron chi connectivity index (χ2n) is 5.14. The number of nitrogens with one attached hydrogen (secondary N) is 1. The summed E-state index contributed by atoms with van der Waals surface area (Å²) in [5.74, 6) is 0.308. The number of halogens is 1. The van der Waals surface area contributed by atoms with Gasteiger partial charge in [-0.2, -0.15) is 15.4 Å². The lowest BCUT2D eigenvalue weighted by molar-refractivity contribution is 0.0996. The van der Waals surface area contributed by atoms with Gasteiger partial charge in [0.25, 0.3) is 5.91 Å². The zero-order valence-corrected chi connectivity index (χ0v) is 14.9. The van der Waals surface area contributed by atoms with Crippen LogP contribution < -0.4 is 15.2 Å². The Labute approximate surface area is 152 Å². The van der Waals surface area contributed by atoms with Crippen LogP contribution in [0.4, 0.5) is 0 Å². The first-order valence-electron chi connectivity index (χ1n) is 7.35. The molecule has 3 aromatic rings. The molecule has 25 heavy (non-hydrogen) atoms. The maximum atomic E-state index is 11.6. The fraction of sp³-hybridized carbons (Fsp3) is 0.118. The molecule has 1 heterocycles. The van der Waals surface area contributed by atoms with Gasteiger partial charge in [0.05, 0.1) is 12.7 Å². The quantitative estimate of drug-likeness (QED) is 0.659. The molecule has 0 aliphatic heterocycles. The Kier molecular flexibility index (Phi) is 4.99. The molecule has 128 valence electrons. The zero-order valence-electron chi connectivity index (χ0n) is 13.3. The van der Waals surface area contributed by atoms with Crippen molar-refractivity contribution in [2.24, 2.45) is 5.73 Å². The summed E-state index contributed by atoms with van der Waals surface area (Å²) >= 11 is 3.40. The van der Waals surface area contributed by atoms with E-state index in [4.69, 9.17) is 15.2 Å². The van der Waals surface area contributed by atoms with E-state index in [0.29, 0.717) is 29.4 Å². The summed E-state index contributed by atoms with van der Waals surface area (Å²) in [6.45, 7) is 0.324. The summed E-state index contributed by atoms with van der Waals surface area (Å²) in [4.78, 5) is 11.6. The van der Waals surface area contributed by atoms with Gasteiger partial charge in [-0.15, -0.1) is 0 Å². The van der Waals surface area contributed by atoms with Crippen molar-refractivity contribution >= 4 is 21.8 Å². The fourth-order valence-electron chi connectivity index (χ4n) is 2.34. The minimum atomic E-state index is -0.676. The first-order chi connectivity index (χ1) is 12.1. The maximum absolute atomic E-state index is 11.6. The molecule has 0 saturated heterocycles. The van der Waals surface area contributed by atoms with Crippen LogP contribution in [0.25, 0.3) is 11.3 Å². The lowest BCUT2D eigenvalue weighted by Crippen LogP contribution is -2.13. The number of carbonyl (C=O) groups excluding carboxylic acids is 1. The molecule has 0 atom stereocenters. The number of benzene rings is 2. The molecule has 1 aromatic heterocycles. The molecular formula is C17H15BrN4O3. The van der Waals surface area contributed by atoms with Gasteiger partial charge in [-0.25, -0.2) is 0 Å². The van der Waals surface area contributed by atoms with Crippen molar-refractivity contribution in [3.63, 3.8) is 0 Å². The highest BCUT2D eigenvalue weighted by Crippen LogP contribution is 2.38. The molecular weight excluding hydrogens is 388 g/mol. The SMILES string of the molecule is COc1cccc(-c2n[nH]nc2C(N)=O)c1OCc1ccc(Br)cc1. The number of aromatic nitrogens is 3. The molecule has 0 fully saturated rings. The highest BCUT2D eigenvalue weighted by Gasteiger charge is 2.21. The first kappa shape index (κ1) is 17.0. The van der Waals surface area contributed by atoms with E-state index in [0.717, 1.165) is 10.0 Å². The normalized spacial score (nSPS) is 10.5. The van der Waals surface area contributed by atoms with Crippen molar-refractivity contribution in [3.8, 4) is 22.8 Å². The third-order valence-electron chi connectivity index (χ3n) is 3.53. The number of amides is 1. The van der Waals surface area contributed by atoms with Crippen LogP contribution >= 0.6 is 15.9 Å². The molecule has 0 aliphatic rings. The molecule has 3 rings (SSSR count). The van der Waals surface area contributed by atoms with E-state index in [2.05, 4.69) is 31.3 Å². The van der Waals surface area contributed by atoms with Gasteiger partial charge in [-0.3, -0.25) is 4.79 Å². The van der Waals surface area contributed by atoms with Gasteiger partial charge >= 0.3 is 0 Å². The van der Waals surface area contributed by atoms with Crippen LogP contribution in [0.15, 0.2) is 46.9 Å². The van der Waals surface area contributed by atoms with Crippen molar-refractivity contribution in [1.82, 2.24) is 15.4 Å². The van der Waals surface area contributed by atoms with Gasteiger partial charge in [-0.1, -0.05) is 34.1 Å². The molecule has 0 bridgehead atoms. The van der Waals surface area contributed by atoms with Crippen molar-refractivity contribution in [2.45, 2.75) is 6.61 Å². The summed E-state index contributed by atoms with van der Waals surface area (Å²) < 4.78 is 12.3. The third-order valence-corrected chi connectivity index (χ3v) is 4.06. The number of ether oxygens (including phenoxy) is 2. The van der Waals surface area contributed by atoms with E-state index >= 15 is 0 Å². The Hall–Kier alpha value is -2.87. The van der Waals surface area contributed by atoms with Crippen molar-refractivity contribution in [2.75, 3.05) is 7.11 Å². The standard InChI is InChI=1S/C17H15BrN4O3/c1-24-13-4-2-3-12(14-15(17(19)23)21-22-20-14)16(13)25-9-10-5-7-11(18)8-6-10/h2-8H,9H2,1H3,(H2,19,23)(H,20,21,22). The average Bonchev–Trinajstić information content (AvgIpc) is 3.11. The second kappa shape index (κ2) is 7.35. The number of para-hydroxylation sites is 1. The first-order valence-corrected chi connectivity index (χ1v) is 8.14. The largest absolute Gasteiger partial charge is 0.493 e. The number of nitrogens with two attached hydrogens (primary N) is 1. The number of aromatic amines is 1. The lowest BCUT2D eigenvalue weighted by Gasteiger charge is -2.14. The van der Waals surface area contributed by atoms with Crippen LogP contribution in [-0.4, -0.2) is 28.4 Å². The Morgan fingerprint density at radius 1 is 1.20 bits per heavy atom. The van der Waals surface area contributed by atoms with Crippen molar-refractivity contribution in [1.29, 1.82) is 0 Å². The number of rotatable bonds is 6. The zero-order chi connectivity index (χ0) is 17.8. The fourth-order valence-corrected chi connectivity index (χ4v) is 2.60. The minimum Gasteiger partial charge on any atom is -0.493 e. The highest BCUT2D eigenvalue weighted by atomic mass is 79.9. The van der Waals surface area contributed by atoms with Crippen molar-refractivity contribution in [3.05, 3.63) is 58.2 Å². The number of carbonyl (C=O) groups is 1. The number of H-pyrrole nitrogens is 1. The van der Waals surface area contributed by atoms with Gasteiger partial charge in [-0.05, 0) is 29.8 Å². The molecule has 0 saturated carbocycles. The Morgan fingerprint density at radius 2 is 1.96 bits per heavy atom. The monoisotopic (exact) mass is 402 g/mol. The van der Waals surface area contributed by atoms with E-state index in [-0.39, 0.29) is 5.69 Å². The Morgan fingerprint density at radius 3 is 2.64 bits per heavy atom. The topological polar surface area (TPSA) is 103 Å². The van der Waals surface area contributed by atoms with E-state index in [9.17, 15) is 4.79 Å². The minimum absolute atomic E-state index is 0.0433. The van der Waals surface area contributed by atoms with Crippen LogP contribution in [0.2, 0.25) is 0 Å². The Bertz CT molecular complexity index is 893. The third kappa shape index (κ3) is 3.63. The molecule has 2 aromatic carbocycles. The van der Waals surface area contributed by atoms with Gasteiger partial charge in [0.15, 0.2) is 17.2 Å². The van der Waals surface area contributed by atoms with Crippen LogP contribution in [0.5, 0.6) is 11.5 Å². The second-order valence-corrected chi connectivity index (χ2v) is 6.05. The number of hydrogen-bond donors (Lipinski definition) is 2. The molecule has 0 spiro atoms. The van der Waals surface area contributed by atoms with Gasteiger partial charge in [0.2, 0.25) is 0 Å². The van der Waals surface area contributed by atoms with Gasteiger partial charge in [0, 0.05) is 4.47 Å². The van der Waals surface area contributed by atoms with E-state index < -0.39 is 5.91 Å². The van der Waals surface area contributed by atoms with Gasteiger partial charge < -0.3 is 15.2 Å². The summed E-state index contributed by atoms with van der Waals surface area (Å²) in [6.07, 6.45) is 0. The van der Waals surface area contributed by atoms with E-state index in [1.807, 2.05) is 24.3 Å². The van der Waals surface area contributed by atoms with Gasteiger partial charge in [0.1, 0.15) is 12.3 Å². The average molecular weight is 403 g/mol. The highest BCUT2D eigenvalue weighted by molar-refractivity contribution is 9.10. The maximum Gasteiger partial charge on any atom is 0.271 e. The van der Waals surface area contributed by atoms with Crippen molar-refractivity contribution < 1.29 is 14.3 Å². The number of nitrogens with zero attached hydrogens (tertiary/aromatic N) is 2. The van der Waals surface area contributed by atoms with Crippen LogP contribution in [0.1, 0.15) is 16.1 Å². The molecule has 0 radical (unpaired) electrons. The molecule has 8 heteroatoms. The van der Waals surface area contributed by atoms with E-state index in [1.54, 1.807) is 25.3 Å². The predicted octanol–water partition coefficient (Wildman–Crippen LogP) is 2.92. The van der Waals surface area contributed by atoms with Crippen LogP contribution in [0.3, 0.4) is 0 Å². The summed E-state index contributed by atoms with van der Waals surface area (Å²) in [6, 6.07) is 13.1. The smallest absolute Gasteiger partial charge is 0.271 e. The van der Waals surface area contributed by atoms with Crippen LogP contribution in [0, 0.1) is 0 Å².